The van der Waals surface area contributed by atoms with E-state index in [4.69, 9.17) is 0 Å². The summed E-state index contributed by atoms with van der Waals surface area (Å²) in [6.07, 6.45) is 8.78. The molecule has 4 rings (SSSR count). The fourth-order valence-electron chi connectivity index (χ4n) is 10.1. The molecule has 4 fully saturated rings. The SMILES string of the molecule is CC1C(O)CCC2(C)C1CCC1(C)C2CC(O)C2C(C(C)(O)CCCC(C)(C)O)CC[C@]21C. The van der Waals surface area contributed by atoms with Crippen molar-refractivity contribution in [3.8, 4) is 0 Å². The minimum atomic E-state index is -0.817. The average Bonchev–Trinajstić information content (AvgIpc) is 3.07. The molecule has 0 heterocycles. The highest BCUT2D eigenvalue weighted by atomic mass is 16.3. The van der Waals surface area contributed by atoms with Crippen molar-refractivity contribution in [1.82, 2.24) is 0 Å². The van der Waals surface area contributed by atoms with Gasteiger partial charge in [-0.1, -0.05) is 27.7 Å². The van der Waals surface area contributed by atoms with Gasteiger partial charge in [0.1, 0.15) is 0 Å². The van der Waals surface area contributed by atoms with Crippen molar-refractivity contribution in [3.63, 3.8) is 0 Å². The molecule has 4 heteroatoms. The molecule has 4 aliphatic rings. The lowest BCUT2D eigenvalue weighted by atomic mass is 9.36. The molecule has 0 spiro atoms. The van der Waals surface area contributed by atoms with Gasteiger partial charge in [-0.05, 0) is 131 Å². The monoisotopic (exact) mass is 464 g/mol. The van der Waals surface area contributed by atoms with Gasteiger partial charge in [0, 0.05) is 0 Å². The number of fused-ring (bicyclic) bond motifs is 5. The molecule has 4 aliphatic carbocycles. The van der Waals surface area contributed by atoms with Gasteiger partial charge in [0.15, 0.2) is 0 Å². The number of hydrogen-bond acceptors (Lipinski definition) is 4. The van der Waals surface area contributed by atoms with Crippen LogP contribution in [0.5, 0.6) is 0 Å². The Hall–Kier alpha value is -0.160. The first kappa shape index (κ1) is 25.9. The molecular formula is C29H52O4. The number of aliphatic hydroxyl groups excluding tert-OH is 2. The van der Waals surface area contributed by atoms with E-state index in [1.165, 1.54) is 12.8 Å². The predicted octanol–water partition coefficient (Wildman–Crippen LogP) is 5.31. The van der Waals surface area contributed by atoms with E-state index >= 15 is 0 Å². The Morgan fingerprint density at radius 1 is 0.818 bits per heavy atom. The molecule has 33 heavy (non-hydrogen) atoms. The first-order chi connectivity index (χ1) is 15.1. The van der Waals surface area contributed by atoms with Crippen molar-refractivity contribution in [2.24, 2.45) is 45.8 Å². The van der Waals surface area contributed by atoms with Gasteiger partial charge < -0.3 is 20.4 Å². The van der Waals surface area contributed by atoms with Crippen LogP contribution in [0.2, 0.25) is 0 Å². The highest BCUT2D eigenvalue weighted by Crippen LogP contribution is 2.74. The van der Waals surface area contributed by atoms with Crippen LogP contribution >= 0.6 is 0 Å². The van der Waals surface area contributed by atoms with Gasteiger partial charge in [-0.25, -0.2) is 0 Å². The van der Waals surface area contributed by atoms with Crippen molar-refractivity contribution < 1.29 is 20.4 Å². The van der Waals surface area contributed by atoms with Crippen molar-refractivity contribution in [3.05, 3.63) is 0 Å². The Labute approximate surface area is 202 Å². The lowest BCUT2D eigenvalue weighted by Crippen LogP contribution is -2.65. The molecular weight excluding hydrogens is 412 g/mol. The maximum absolute atomic E-state index is 11.7. The van der Waals surface area contributed by atoms with E-state index in [0.717, 1.165) is 38.5 Å². The molecule has 10 unspecified atom stereocenters. The molecule has 4 nitrogen and oxygen atoms in total. The maximum atomic E-state index is 11.7. The molecule has 0 aromatic rings. The zero-order chi connectivity index (χ0) is 24.6. The lowest BCUT2D eigenvalue weighted by Gasteiger charge is -2.69. The van der Waals surface area contributed by atoms with Crippen LogP contribution in [0.25, 0.3) is 0 Å². The Kier molecular flexibility index (Phi) is 6.43. The molecule has 0 saturated heterocycles. The van der Waals surface area contributed by atoms with Crippen molar-refractivity contribution in [1.29, 1.82) is 0 Å². The summed E-state index contributed by atoms with van der Waals surface area (Å²) in [5, 5.41) is 44.1. The fourth-order valence-corrected chi connectivity index (χ4v) is 10.1. The molecule has 11 atom stereocenters. The first-order valence-corrected chi connectivity index (χ1v) is 13.9. The largest absolute Gasteiger partial charge is 0.393 e. The van der Waals surface area contributed by atoms with Crippen molar-refractivity contribution in [2.75, 3.05) is 0 Å². The second kappa shape index (κ2) is 8.18. The molecule has 0 amide bonds. The summed E-state index contributed by atoms with van der Waals surface area (Å²) in [6, 6.07) is 0. The third-order valence-electron chi connectivity index (χ3n) is 12.2. The van der Waals surface area contributed by atoms with Crippen LogP contribution in [0.3, 0.4) is 0 Å². The summed E-state index contributed by atoms with van der Waals surface area (Å²) in [5.41, 5.74) is -1.17. The number of hydrogen-bond donors (Lipinski definition) is 4. The van der Waals surface area contributed by atoms with Crippen LogP contribution in [0.4, 0.5) is 0 Å². The topological polar surface area (TPSA) is 80.9 Å². The molecule has 4 N–H and O–H groups in total. The quantitative estimate of drug-likeness (QED) is 0.445. The summed E-state index contributed by atoms with van der Waals surface area (Å²) < 4.78 is 0. The number of rotatable bonds is 5. The van der Waals surface area contributed by atoms with Crippen LogP contribution in [-0.2, 0) is 0 Å². The molecule has 0 aromatic heterocycles. The minimum Gasteiger partial charge on any atom is -0.393 e. The third-order valence-corrected chi connectivity index (χ3v) is 12.2. The number of aliphatic hydroxyl groups is 4. The zero-order valence-corrected chi connectivity index (χ0v) is 22.4. The van der Waals surface area contributed by atoms with Crippen LogP contribution in [-0.4, -0.2) is 43.8 Å². The van der Waals surface area contributed by atoms with Crippen LogP contribution in [0, 0.1) is 45.8 Å². The molecule has 4 saturated carbocycles. The van der Waals surface area contributed by atoms with Crippen LogP contribution in [0.15, 0.2) is 0 Å². The standard InChI is InChI=1S/C29H52O4/c1-18-19-9-15-27(5)23(26(19,4)14-11-21(18)30)17-22(31)24-20(10-16-28(24,27)6)29(7,33)13-8-12-25(2,3)32/h18-24,30-33H,8-17H2,1-7H3/t18?,19?,20?,21?,22?,23?,24?,26?,27?,28-,29?/m1/s1. The van der Waals surface area contributed by atoms with Gasteiger partial charge in [0.25, 0.3) is 0 Å². The van der Waals surface area contributed by atoms with Gasteiger partial charge in [0.2, 0.25) is 0 Å². The van der Waals surface area contributed by atoms with Crippen LogP contribution < -0.4 is 0 Å². The second-order valence-corrected chi connectivity index (χ2v) is 14.5. The molecule has 192 valence electrons. The summed E-state index contributed by atoms with van der Waals surface area (Å²) in [7, 11) is 0. The molecule has 0 aliphatic heterocycles. The van der Waals surface area contributed by atoms with Crippen LogP contribution in [0.1, 0.15) is 113 Å². The zero-order valence-electron chi connectivity index (χ0n) is 22.4. The summed E-state index contributed by atoms with van der Waals surface area (Å²) in [4.78, 5) is 0. The highest BCUT2D eigenvalue weighted by molar-refractivity contribution is 5.19. The van der Waals surface area contributed by atoms with E-state index in [9.17, 15) is 20.4 Å². The summed E-state index contributed by atoms with van der Waals surface area (Å²) >= 11 is 0. The van der Waals surface area contributed by atoms with Gasteiger partial charge in [-0.2, -0.15) is 0 Å². The normalized spacial score (nSPS) is 51.9. The highest BCUT2D eigenvalue weighted by Gasteiger charge is 2.70. The van der Waals surface area contributed by atoms with Gasteiger partial charge in [-0.15, -0.1) is 0 Å². The van der Waals surface area contributed by atoms with E-state index < -0.39 is 11.2 Å². The lowest BCUT2D eigenvalue weighted by molar-refractivity contribution is -0.234. The Morgan fingerprint density at radius 3 is 2.09 bits per heavy atom. The molecule has 0 bridgehead atoms. The van der Waals surface area contributed by atoms with Gasteiger partial charge >= 0.3 is 0 Å². The second-order valence-electron chi connectivity index (χ2n) is 14.5. The first-order valence-electron chi connectivity index (χ1n) is 13.9. The van der Waals surface area contributed by atoms with Crippen molar-refractivity contribution >= 4 is 0 Å². The fraction of sp³-hybridized carbons (Fsp3) is 1.00. The van der Waals surface area contributed by atoms with E-state index in [2.05, 4.69) is 27.7 Å². The summed E-state index contributed by atoms with van der Waals surface area (Å²) in [6.45, 7) is 15.3. The van der Waals surface area contributed by atoms with E-state index in [1.54, 1.807) is 0 Å². The Bertz CT molecular complexity index is 728. The average molecular weight is 465 g/mol. The predicted molar refractivity (Wildman–Crippen MR) is 133 cm³/mol. The third kappa shape index (κ3) is 3.94. The van der Waals surface area contributed by atoms with Gasteiger partial charge in [-0.3, -0.25) is 0 Å². The summed E-state index contributed by atoms with van der Waals surface area (Å²) in [5.74, 6) is 1.57. The molecule has 0 aromatic carbocycles. The Balaban J connectivity index is 1.61. The Morgan fingerprint density at radius 2 is 1.45 bits per heavy atom. The minimum absolute atomic E-state index is 0.0213. The van der Waals surface area contributed by atoms with E-state index in [-0.39, 0.29) is 40.3 Å². The van der Waals surface area contributed by atoms with E-state index in [1.807, 2.05) is 20.8 Å². The van der Waals surface area contributed by atoms with E-state index in [0.29, 0.717) is 30.6 Å². The smallest absolute Gasteiger partial charge is 0.0651 e. The van der Waals surface area contributed by atoms with Gasteiger partial charge in [0.05, 0.1) is 23.4 Å². The maximum Gasteiger partial charge on any atom is 0.0651 e. The van der Waals surface area contributed by atoms with Crippen molar-refractivity contribution in [2.45, 2.75) is 136 Å². The molecule has 0 radical (unpaired) electrons.